The highest BCUT2D eigenvalue weighted by Gasteiger charge is 2.25. The number of nitrogens with one attached hydrogen (secondary N) is 1. The molecule has 0 saturated carbocycles. The van der Waals surface area contributed by atoms with Gasteiger partial charge in [-0.1, -0.05) is 0 Å². The molecule has 2 fully saturated rings. The number of piperidine rings is 1. The maximum absolute atomic E-state index is 11.2. The van der Waals surface area contributed by atoms with Crippen molar-refractivity contribution in [3.63, 3.8) is 0 Å². The molecule has 2 aliphatic rings. The first kappa shape index (κ1) is 22.4. The summed E-state index contributed by atoms with van der Waals surface area (Å²) in [4.78, 5) is 23.2. The number of piperazine rings is 1. The van der Waals surface area contributed by atoms with E-state index in [1.54, 1.807) is 0 Å². The predicted molar refractivity (Wildman–Crippen MR) is 113 cm³/mol. The number of carbonyl (C=O) groups excluding carboxylic acids is 1. The van der Waals surface area contributed by atoms with Crippen molar-refractivity contribution in [3.05, 3.63) is 0 Å². The molecule has 3 N–H and O–H groups in total. The molecule has 2 atom stereocenters. The van der Waals surface area contributed by atoms with Crippen LogP contribution in [0, 0.1) is 5.92 Å². The van der Waals surface area contributed by atoms with Gasteiger partial charge in [0, 0.05) is 51.7 Å². The molecule has 0 aromatic rings. The fraction of sp³-hybridized carbons (Fsp3) is 0.882. The van der Waals surface area contributed by atoms with E-state index in [2.05, 4.69) is 41.0 Å². The van der Waals surface area contributed by atoms with Crippen molar-refractivity contribution in [2.75, 3.05) is 59.9 Å². The Bertz CT molecular complexity index is 447. The lowest BCUT2D eigenvalue weighted by molar-refractivity contribution is -0.119. The number of carbonyl (C=O) groups is 1. The molecule has 2 saturated heterocycles. The summed E-state index contributed by atoms with van der Waals surface area (Å²) in [7, 11) is 4.36. The highest BCUT2D eigenvalue weighted by Crippen LogP contribution is 2.19. The van der Waals surface area contributed by atoms with Crippen molar-refractivity contribution in [2.45, 2.75) is 32.2 Å². The minimum absolute atomic E-state index is 0. The van der Waals surface area contributed by atoms with Crippen LogP contribution in [0.3, 0.4) is 0 Å². The first-order chi connectivity index (χ1) is 11.5. The van der Waals surface area contributed by atoms with Crippen LogP contribution in [-0.2, 0) is 4.79 Å². The zero-order chi connectivity index (χ0) is 17.5. The third-order valence-corrected chi connectivity index (χ3v) is 5.08. The number of halogens is 1. The van der Waals surface area contributed by atoms with Crippen molar-refractivity contribution >= 4 is 35.8 Å². The molecule has 0 aliphatic carbocycles. The molecule has 1 amide bonds. The van der Waals surface area contributed by atoms with Crippen LogP contribution >= 0.6 is 24.0 Å². The van der Waals surface area contributed by atoms with Gasteiger partial charge < -0.3 is 20.9 Å². The molecule has 0 bridgehead atoms. The number of likely N-dealkylation sites (N-methyl/N-ethyl adjacent to an activating group) is 2. The Morgan fingerprint density at radius 3 is 2.68 bits per heavy atom. The van der Waals surface area contributed by atoms with Gasteiger partial charge >= 0.3 is 0 Å². The molecule has 0 spiro atoms. The van der Waals surface area contributed by atoms with E-state index in [0.717, 1.165) is 64.6 Å². The number of nitrogens with zero attached hydrogens (tertiary/aromatic N) is 4. The molecule has 0 radical (unpaired) electrons. The zero-order valence-corrected chi connectivity index (χ0v) is 18.2. The summed E-state index contributed by atoms with van der Waals surface area (Å²) in [6, 6.07) is 0.462. The van der Waals surface area contributed by atoms with Gasteiger partial charge in [0.1, 0.15) is 0 Å². The van der Waals surface area contributed by atoms with Crippen molar-refractivity contribution < 1.29 is 4.79 Å². The minimum Gasteiger partial charge on any atom is -0.370 e. The average Bonchev–Trinajstić information content (AvgIpc) is 2.54. The Kier molecular flexibility index (Phi) is 10.0. The number of rotatable bonds is 5. The van der Waals surface area contributed by atoms with E-state index in [-0.39, 0.29) is 29.9 Å². The molecule has 25 heavy (non-hydrogen) atoms. The molecule has 0 aromatic carbocycles. The lowest BCUT2D eigenvalue weighted by atomic mass is 9.95. The summed E-state index contributed by atoms with van der Waals surface area (Å²) in [6.45, 7) is 8.91. The predicted octanol–water partition coefficient (Wildman–Crippen LogP) is 0.403. The first-order valence-electron chi connectivity index (χ1n) is 9.20. The Hall–Kier alpha value is -0.610. The summed E-state index contributed by atoms with van der Waals surface area (Å²) in [6.07, 6.45) is 2.65. The second kappa shape index (κ2) is 11.2. The number of nitrogens with two attached hydrogens (primary N) is 1. The van der Waals surface area contributed by atoms with E-state index in [1.807, 2.05) is 0 Å². The van der Waals surface area contributed by atoms with Gasteiger partial charge in [0.25, 0.3) is 0 Å². The second-order valence-corrected chi connectivity index (χ2v) is 7.22. The monoisotopic (exact) mass is 466 g/mol. The van der Waals surface area contributed by atoms with Crippen molar-refractivity contribution in [1.82, 2.24) is 20.0 Å². The number of hydrogen-bond acceptors (Lipinski definition) is 4. The summed E-state index contributed by atoms with van der Waals surface area (Å²) < 4.78 is 0. The van der Waals surface area contributed by atoms with Crippen LogP contribution < -0.4 is 11.1 Å². The van der Waals surface area contributed by atoms with E-state index >= 15 is 0 Å². The number of likely N-dealkylation sites (tertiary alicyclic amines) is 1. The summed E-state index contributed by atoms with van der Waals surface area (Å²) in [5.74, 6) is 1.13. The number of guanidine groups is 1. The van der Waals surface area contributed by atoms with Crippen LogP contribution in [0.25, 0.3) is 0 Å². The third kappa shape index (κ3) is 7.26. The van der Waals surface area contributed by atoms with E-state index in [9.17, 15) is 4.79 Å². The fourth-order valence-corrected chi connectivity index (χ4v) is 3.62. The maximum Gasteiger partial charge on any atom is 0.217 e. The van der Waals surface area contributed by atoms with Gasteiger partial charge in [-0.05, 0) is 39.8 Å². The average molecular weight is 466 g/mol. The van der Waals surface area contributed by atoms with Gasteiger partial charge in [0.2, 0.25) is 5.91 Å². The highest BCUT2D eigenvalue weighted by atomic mass is 127. The summed E-state index contributed by atoms with van der Waals surface area (Å²) in [5, 5.41) is 3.42. The molecule has 2 aliphatic heterocycles. The Balaban J connectivity index is 0.00000312. The van der Waals surface area contributed by atoms with Crippen LogP contribution in [0.15, 0.2) is 4.99 Å². The summed E-state index contributed by atoms with van der Waals surface area (Å²) >= 11 is 0. The van der Waals surface area contributed by atoms with Crippen LogP contribution in [0.2, 0.25) is 0 Å². The quantitative estimate of drug-likeness (QED) is 0.349. The normalized spacial score (nSPS) is 26.2. The molecule has 146 valence electrons. The van der Waals surface area contributed by atoms with E-state index in [0.29, 0.717) is 18.4 Å². The third-order valence-electron chi connectivity index (χ3n) is 5.08. The molecular formula is C17H35IN6O. The van der Waals surface area contributed by atoms with Crippen molar-refractivity contribution in [1.29, 1.82) is 0 Å². The van der Waals surface area contributed by atoms with Crippen LogP contribution in [0.1, 0.15) is 26.2 Å². The number of primary amides is 1. The van der Waals surface area contributed by atoms with Crippen LogP contribution in [0.5, 0.6) is 0 Å². The highest BCUT2D eigenvalue weighted by molar-refractivity contribution is 14.0. The molecule has 8 heteroatoms. The van der Waals surface area contributed by atoms with E-state index in [1.165, 1.54) is 0 Å². The number of amides is 1. The minimum atomic E-state index is -0.198. The number of hydrogen-bond donors (Lipinski definition) is 2. The van der Waals surface area contributed by atoms with Crippen molar-refractivity contribution in [3.8, 4) is 0 Å². The second-order valence-electron chi connectivity index (χ2n) is 7.22. The zero-order valence-electron chi connectivity index (χ0n) is 15.9. The van der Waals surface area contributed by atoms with Gasteiger partial charge in [0.15, 0.2) is 5.96 Å². The molecule has 2 rings (SSSR count). The number of aliphatic imine (C=N–C) groups is 1. The Morgan fingerprint density at radius 1 is 1.24 bits per heavy atom. The summed E-state index contributed by atoms with van der Waals surface area (Å²) in [5.41, 5.74) is 5.37. The standard InChI is InChI=1S/C17H34N6O.HI/c1-4-19-17(20-11-15-13-21(2)8-9-22(15)3)23-7-5-6-14(12-23)10-16(18)24;/h14-15H,4-13H2,1-3H3,(H2,18,24)(H,19,20);1H. The largest absolute Gasteiger partial charge is 0.370 e. The van der Waals surface area contributed by atoms with E-state index < -0.39 is 0 Å². The fourth-order valence-electron chi connectivity index (χ4n) is 3.62. The lowest BCUT2D eigenvalue weighted by Gasteiger charge is -2.38. The molecular weight excluding hydrogens is 431 g/mol. The van der Waals surface area contributed by atoms with Gasteiger partial charge in [-0.25, -0.2) is 0 Å². The van der Waals surface area contributed by atoms with Gasteiger partial charge in [0.05, 0.1) is 6.54 Å². The van der Waals surface area contributed by atoms with Gasteiger partial charge in [-0.2, -0.15) is 0 Å². The topological polar surface area (TPSA) is 77.2 Å². The smallest absolute Gasteiger partial charge is 0.217 e. The first-order valence-corrected chi connectivity index (χ1v) is 9.20. The van der Waals surface area contributed by atoms with Crippen molar-refractivity contribution in [2.24, 2.45) is 16.6 Å². The maximum atomic E-state index is 11.2. The molecule has 2 heterocycles. The van der Waals surface area contributed by atoms with Crippen LogP contribution in [0.4, 0.5) is 0 Å². The van der Waals surface area contributed by atoms with Gasteiger partial charge in [-0.15, -0.1) is 24.0 Å². The SMILES string of the molecule is CCNC(=NCC1CN(C)CCN1C)N1CCCC(CC(N)=O)C1.I. The molecule has 7 nitrogen and oxygen atoms in total. The molecule has 0 aromatic heterocycles. The van der Waals surface area contributed by atoms with Crippen LogP contribution in [-0.4, -0.2) is 92.5 Å². The van der Waals surface area contributed by atoms with E-state index in [4.69, 9.17) is 10.7 Å². The lowest BCUT2D eigenvalue weighted by Crippen LogP contribution is -2.52. The molecule has 2 unspecified atom stereocenters. The Labute approximate surface area is 169 Å². The van der Waals surface area contributed by atoms with Gasteiger partial charge in [-0.3, -0.25) is 14.7 Å². The Morgan fingerprint density at radius 2 is 2.00 bits per heavy atom.